The Balaban J connectivity index is 0.00000242. The summed E-state index contributed by atoms with van der Waals surface area (Å²) in [6, 6.07) is 4.54. The van der Waals surface area contributed by atoms with Gasteiger partial charge in [-0.2, -0.15) is 8.78 Å². The first-order valence-electron chi connectivity index (χ1n) is 6.55. The SMILES string of the molecule is Cl.O=C(N[C@H]1CCCNC1)c1ccc(S(=O)(=O)C(F)F)cc1. The third-order valence-electron chi connectivity index (χ3n) is 3.31. The van der Waals surface area contributed by atoms with Crippen LogP contribution in [0.15, 0.2) is 29.2 Å². The minimum absolute atomic E-state index is 0. The van der Waals surface area contributed by atoms with Crippen LogP contribution in [0.2, 0.25) is 0 Å². The largest absolute Gasteiger partial charge is 0.348 e. The minimum atomic E-state index is -4.62. The summed E-state index contributed by atoms with van der Waals surface area (Å²) in [7, 11) is -4.62. The van der Waals surface area contributed by atoms with Gasteiger partial charge in [-0.3, -0.25) is 4.79 Å². The molecule has 2 rings (SSSR count). The van der Waals surface area contributed by atoms with E-state index in [1.807, 2.05) is 0 Å². The summed E-state index contributed by atoms with van der Waals surface area (Å²) in [5.41, 5.74) is 0.244. The molecule has 1 amide bonds. The van der Waals surface area contributed by atoms with Crippen molar-refractivity contribution in [2.75, 3.05) is 13.1 Å². The zero-order chi connectivity index (χ0) is 15.5. The van der Waals surface area contributed by atoms with Crippen molar-refractivity contribution in [1.82, 2.24) is 10.6 Å². The summed E-state index contributed by atoms with van der Waals surface area (Å²) in [4.78, 5) is 11.5. The molecular weight excluding hydrogens is 338 g/mol. The van der Waals surface area contributed by atoms with Crippen molar-refractivity contribution in [3.8, 4) is 0 Å². The zero-order valence-electron chi connectivity index (χ0n) is 11.6. The second-order valence-electron chi connectivity index (χ2n) is 4.85. The van der Waals surface area contributed by atoms with Crippen molar-refractivity contribution in [2.45, 2.75) is 29.5 Å². The molecule has 5 nitrogen and oxygen atoms in total. The fraction of sp³-hybridized carbons (Fsp3) is 0.462. The van der Waals surface area contributed by atoms with Crippen LogP contribution >= 0.6 is 12.4 Å². The number of carbonyl (C=O) groups excluding carboxylic acids is 1. The molecule has 1 saturated heterocycles. The van der Waals surface area contributed by atoms with E-state index in [-0.39, 0.29) is 29.9 Å². The van der Waals surface area contributed by atoms with Crippen LogP contribution in [0.3, 0.4) is 0 Å². The average molecular weight is 355 g/mol. The van der Waals surface area contributed by atoms with Crippen molar-refractivity contribution < 1.29 is 22.0 Å². The smallest absolute Gasteiger partial charge is 0.341 e. The molecule has 1 heterocycles. The molecule has 0 radical (unpaired) electrons. The summed E-state index contributed by atoms with van der Waals surface area (Å²) in [5, 5.41) is 5.97. The lowest BCUT2D eigenvalue weighted by molar-refractivity contribution is 0.0930. The lowest BCUT2D eigenvalue weighted by atomic mass is 10.1. The lowest BCUT2D eigenvalue weighted by Gasteiger charge is -2.23. The maximum absolute atomic E-state index is 12.4. The summed E-state index contributed by atoms with van der Waals surface area (Å²) in [6.07, 6.45) is 1.84. The molecule has 0 unspecified atom stereocenters. The fourth-order valence-corrected chi connectivity index (χ4v) is 2.86. The van der Waals surface area contributed by atoms with E-state index in [1.54, 1.807) is 0 Å². The van der Waals surface area contributed by atoms with E-state index >= 15 is 0 Å². The first kappa shape index (κ1) is 18.8. The van der Waals surface area contributed by atoms with Crippen LogP contribution in [0.1, 0.15) is 23.2 Å². The Morgan fingerprint density at radius 2 is 1.91 bits per heavy atom. The monoisotopic (exact) mass is 354 g/mol. The van der Waals surface area contributed by atoms with Crippen LogP contribution in [-0.4, -0.2) is 39.2 Å². The molecule has 0 spiro atoms. The number of amides is 1. The van der Waals surface area contributed by atoms with Gasteiger partial charge in [-0.25, -0.2) is 8.42 Å². The quantitative estimate of drug-likeness (QED) is 0.861. The van der Waals surface area contributed by atoms with Gasteiger partial charge >= 0.3 is 5.76 Å². The Kier molecular flexibility index (Phi) is 6.70. The molecule has 1 atom stereocenters. The Morgan fingerprint density at radius 3 is 2.41 bits per heavy atom. The highest BCUT2D eigenvalue weighted by Gasteiger charge is 2.26. The van der Waals surface area contributed by atoms with E-state index in [1.165, 1.54) is 12.1 Å². The number of alkyl halides is 2. The van der Waals surface area contributed by atoms with Crippen molar-refractivity contribution in [2.24, 2.45) is 0 Å². The van der Waals surface area contributed by atoms with Gasteiger partial charge in [-0.05, 0) is 43.7 Å². The minimum Gasteiger partial charge on any atom is -0.348 e. The molecule has 0 aliphatic carbocycles. The van der Waals surface area contributed by atoms with E-state index in [2.05, 4.69) is 10.6 Å². The number of piperidine rings is 1. The van der Waals surface area contributed by atoms with E-state index in [0.29, 0.717) is 6.54 Å². The molecule has 9 heteroatoms. The predicted octanol–water partition coefficient (Wildman–Crippen LogP) is 1.59. The number of halogens is 3. The highest BCUT2D eigenvalue weighted by Crippen LogP contribution is 2.18. The van der Waals surface area contributed by atoms with E-state index in [4.69, 9.17) is 0 Å². The summed E-state index contributed by atoms with van der Waals surface area (Å²) in [5.74, 6) is -3.81. The molecule has 1 aliphatic rings. The zero-order valence-corrected chi connectivity index (χ0v) is 13.2. The number of carbonyl (C=O) groups is 1. The van der Waals surface area contributed by atoms with Gasteiger partial charge in [-0.1, -0.05) is 0 Å². The Hall–Kier alpha value is -1.25. The third-order valence-corrected chi connectivity index (χ3v) is 4.71. The molecule has 1 aliphatic heterocycles. The van der Waals surface area contributed by atoms with Crippen molar-refractivity contribution in [3.63, 3.8) is 0 Å². The number of nitrogens with one attached hydrogen (secondary N) is 2. The topological polar surface area (TPSA) is 75.3 Å². The number of hydrogen-bond donors (Lipinski definition) is 2. The van der Waals surface area contributed by atoms with Crippen molar-refractivity contribution >= 4 is 28.2 Å². The van der Waals surface area contributed by atoms with Gasteiger partial charge < -0.3 is 10.6 Å². The molecule has 22 heavy (non-hydrogen) atoms. The van der Waals surface area contributed by atoms with Gasteiger partial charge in [0.15, 0.2) is 0 Å². The molecular formula is C13H17ClF2N2O3S. The molecule has 0 bridgehead atoms. The molecule has 0 saturated carbocycles. The summed E-state index contributed by atoms with van der Waals surface area (Å²) >= 11 is 0. The molecule has 1 fully saturated rings. The van der Waals surface area contributed by atoms with Gasteiger partial charge in [0.25, 0.3) is 5.91 Å². The Morgan fingerprint density at radius 1 is 1.27 bits per heavy atom. The van der Waals surface area contributed by atoms with Gasteiger partial charge in [0.05, 0.1) is 4.90 Å². The number of sulfone groups is 1. The van der Waals surface area contributed by atoms with Crippen LogP contribution in [0.25, 0.3) is 0 Å². The van der Waals surface area contributed by atoms with Gasteiger partial charge in [0.2, 0.25) is 9.84 Å². The standard InChI is InChI=1S/C13H16F2N2O3S.ClH/c14-13(15)21(19,20)11-5-3-9(4-6-11)12(18)17-10-2-1-7-16-8-10;/h3-6,10,13,16H,1-2,7-8H2,(H,17,18);1H/t10-;/m0./s1. The van der Waals surface area contributed by atoms with E-state index in [9.17, 15) is 22.0 Å². The Bertz CT molecular complexity index is 602. The van der Waals surface area contributed by atoms with E-state index < -0.39 is 20.5 Å². The van der Waals surface area contributed by atoms with E-state index in [0.717, 1.165) is 31.5 Å². The normalized spacial score (nSPS) is 18.6. The highest BCUT2D eigenvalue weighted by atomic mass is 35.5. The van der Waals surface area contributed by atoms with Crippen LogP contribution in [0.4, 0.5) is 8.78 Å². The Labute approximate surface area is 133 Å². The van der Waals surface area contributed by atoms with Crippen molar-refractivity contribution in [3.05, 3.63) is 29.8 Å². The number of hydrogen-bond acceptors (Lipinski definition) is 4. The van der Waals surface area contributed by atoms with Crippen LogP contribution in [0, 0.1) is 0 Å². The van der Waals surface area contributed by atoms with Gasteiger partial charge in [0, 0.05) is 18.2 Å². The first-order valence-corrected chi connectivity index (χ1v) is 8.09. The third kappa shape index (κ3) is 4.37. The van der Waals surface area contributed by atoms with Crippen LogP contribution in [0.5, 0.6) is 0 Å². The number of benzene rings is 1. The number of rotatable bonds is 4. The van der Waals surface area contributed by atoms with Crippen LogP contribution < -0.4 is 10.6 Å². The van der Waals surface area contributed by atoms with Crippen molar-refractivity contribution in [1.29, 1.82) is 0 Å². The van der Waals surface area contributed by atoms with Gasteiger partial charge in [-0.15, -0.1) is 12.4 Å². The average Bonchev–Trinajstić information content (AvgIpc) is 2.48. The second kappa shape index (κ2) is 7.85. The maximum atomic E-state index is 12.4. The molecule has 124 valence electrons. The predicted molar refractivity (Wildman–Crippen MR) is 80.2 cm³/mol. The molecule has 0 aromatic heterocycles. The summed E-state index contributed by atoms with van der Waals surface area (Å²) < 4.78 is 47.3. The molecule has 1 aromatic carbocycles. The second-order valence-corrected chi connectivity index (χ2v) is 6.76. The fourth-order valence-electron chi connectivity index (χ4n) is 2.14. The lowest BCUT2D eigenvalue weighted by Crippen LogP contribution is -2.45. The summed E-state index contributed by atoms with van der Waals surface area (Å²) in [6.45, 7) is 1.61. The molecule has 2 N–H and O–H groups in total. The first-order chi connectivity index (χ1) is 9.91. The maximum Gasteiger partial charge on any atom is 0.341 e. The highest BCUT2D eigenvalue weighted by molar-refractivity contribution is 7.91. The van der Waals surface area contributed by atoms with Crippen LogP contribution in [-0.2, 0) is 9.84 Å². The van der Waals surface area contributed by atoms with Gasteiger partial charge in [0.1, 0.15) is 0 Å². The molecule has 1 aromatic rings.